The van der Waals surface area contributed by atoms with Gasteiger partial charge in [-0.2, -0.15) is 5.10 Å². The molecular formula is C10H17N5O5S. The van der Waals surface area contributed by atoms with Gasteiger partial charge < -0.3 is 15.7 Å². The van der Waals surface area contributed by atoms with E-state index in [1.54, 1.807) is 0 Å². The van der Waals surface area contributed by atoms with E-state index in [9.17, 15) is 18.0 Å². The molecule has 0 saturated heterocycles. The Balaban J connectivity index is 2.41. The van der Waals surface area contributed by atoms with Crippen molar-refractivity contribution in [2.75, 3.05) is 31.7 Å². The summed E-state index contributed by atoms with van der Waals surface area (Å²) in [6, 6.07) is -0.598. The van der Waals surface area contributed by atoms with E-state index in [1.807, 2.05) is 0 Å². The summed E-state index contributed by atoms with van der Waals surface area (Å²) < 4.78 is 25.1. The smallest absolute Gasteiger partial charge is 0.325 e. The van der Waals surface area contributed by atoms with Gasteiger partial charge in [-0.1, -0.05) is 0 Å². The predicted molar refractivity (Wildman–Crippen MR) is 74.4 cm³/mol. The van der Waals surface area contributed by atoms with Gasteiger partial charge >= 0.3 is 12.0 Å². The van der Waals surface area contributed by atoms with Crippen molar-refractivity contribution in [3.8, 4) is 0 Å². The molecule has 0 aliphatic carbocycles. The van der Waals surface area contributed by atoms with E-state index >= 15 is 0 Å². The van der Waals surface area contributed by atoms with Gasteiger partial charge in [-0.3, -0.25) is 9.48 Å². The molecule has 10 nitrogen and oxygen atoms in total. The highest BCUT2D eigenvalue weighted by atomic mass is 32.2. The van der Waals surface area contributed by atoms with Gasteiger partial charge in [-0.15, -0.1) is 0 Å². The van der Waals surface area contributed by atoms with Crippen molar-refractivity contribution in [2.45, 2.75) is 6.54 Å². The molecule has 0 spiro atoms. The third kappa shape index (κ3) is 5.79. The van der Waals surface area contributed by atoms with Crippen molar-refractivity contribution in [3.05, 3.63) is 12.4 Å². The van der Waals surface area contributed by atoms with Crippen LogP contribution in [0.4, 0.5) is 10.5 Å². The lowest BCUT2D eigenvalue weighted by molar-refractivity contribution is -0.137. The molecule has 11 heteroatoms. The molecule has 1 aromatic rings. The first-order valence-electron chi connectivity index (χ1n) is 5.90. The van der Waals surface area contributed by atoms with Crippen LogP contribution in [-0.2, 0) is 21.4 Å². The number of rotatable bonds is 7. The average Bonchev–Trinajstić information content (AvgIpc) is 2.74. The maximum absolute atomic E-state index is 11.5. The van der Waals surface area contributed by atoms with Gasteiger partial charge in [0.25, 0.3) is 0 Å². The summed E-state index contributed by atoms with van der Waals surface area (Å²) in [6.45, 7) is -0.361. The van der Waals surface area contributed by atoms with Gasteiger partial charge in [0.15, 0.2) is 0 Å². The molecule has 1 heterocycles. The Morgan fingerprint density at radius 3 is 2.67 bits per heavy atom. The maximum atomic E-state index is 11.5. The monoisotopic (exact) mass is 319 g/mol. The highest BCUT2D eigenvalue weighted by Crippen LogP contribution is 2.04. The van der Waals surface area contributed by atoms with E-state index in [4.69, 9.17) is 5.11 Å². The summed E-state index contributed by atoms with van der Waals surface area (Å²) in [5, 5.41) is 17.1. The third-order valence-corrected chi connectivity index (χ3v) is 4.22. The summed E-state index contributed by atoms with van der Waals surface area (Å²) in [5.74, 6) is -1.27. The Kier molecular flexibility index (Phi) is 5.67. The number of urea groups is 1. The van der Waals surface area contributed by atoms with Gasteiger partial charge in [0.1, 0.15) is 6.54 Å². The van der Waals surface area contributed by atoms with Gasteiger partial charge in [-0.05, 0) is 0 Å². The fourth-order valence-electron chi connectivity index (χ4n) is 1.30. The molecule has 1 aromatic heterocycles. The van der Waals surface area contributed by atoms with Crippen molar-refractivity contribution in [1.82, 2.24) is 19.4 Å². The number of aromatic nitrogens is 2. The summed E-state index contributed by atoms with van der Waals surface area (Å²) >= 11 is 0. The molecule has 0 aromatic carbocycles. The molecule has 2 amide bonds. The molecule has 1 rings (SSSR count). The number of aliphatic carboxylic acids is 1. The Morgan fingerprint density at radius 1 is 1.43 bits per heavy atom. The lowest BCUT2D eigenvalue weighted by Crippen LogP contribution is -2.36. The van der Waals surface area contributed by atoms with E-state index in [-0.39, 0.29) is 18.8 Å². The molecule has 0 aliphatic rings. The second-order valence-corrected chi connectivity index (χ2v) is 6.60. The Morgan fingerprint density at radius 2 is 2.10 bits per heavy atom. The standard InChI is InChI=1S/C10H17N5O5S/c1-14(2)21(19,20)4-3-11-10(18)13-8-5-12-15(6-8)7-9(16)17/h5-6H,3-4,7H2,1-2H3,(H,16,17)(H2,11,13,18). The molecule has 118 valence electrons. The second-order valence-electron chi connectivity index (χ2n) is 4.30. The molecule has 21 heavy (non-hydrogen) atoms. The van der Waals surface area contributed by atoms with Crippen molar-refractivity contribution >= 4 is 27.7 Å². The van der Waals surface area contributed by atoms with Gasteiger partial charge in [-0.25, -0.2) is 17.5 Å². The lowest BCUT2D eigenvalue weighted by atomic mass is 10.5. The highest BCUT2D eigenvalue weighted by molar-refractivity contribution is 7.89. The number of carbonyl (C=O) groups is 2. The zero-order chi connectivity index (χ0) is 16.0. The quantitative estimate of drug-likeness (QED) is 0.589. The molecule has 3 N–H and O–H groups in total. The minimum absolute atomic E-state index is 0.0460. The van der Waals surface area contributed by atoms with Crippen molar-refractivity contribution in [1.29, 1.82) is 0 Å². The summed E-state index contributed by atoms with van der Waals surface area (Å²) in [6.07, 6.45) is 2.64. The number of carboxylic acid groups (broad SMARTS) is 1. The lowest BCUT2D eigenvalue weighted by Gasteiger charge is -2.11. The number of amides is 2. The molecule has 0 radical (unpaired) electrons. The van der Waals surface area contributed by atoms with Crippen LogP contribution >= 0.6 is 0 Å². The Hall–Kier alpha value is -2.14. The summed E-state index contributed by atoms with van der Waals surface area (Å²) in [4.78, 5) is 22.0. The van der Waals surface area contributed by atoms with Crippen LogP contribution in [0.3, 0.4) is 0 Å². The van der Waals surface area contributed by atoms with Gasteiger partial charge in [0.05, 0.1) is 17.6 Å². The van der Waals surface area contributed by atoms with Gasteiger partial charge in [0.2, 0.25) is 10.0 Å². The summed E-state index contributed by atoms with van der Waals surface area (Å²) in [7, 11) is -0.549. The van der Waals surface area contributed by atoms with Crippen LogP contribution in [0.2, 0.25) is 0 Å². The van der Waals surface area contributed by atoms with Crippen molar-refractivity contribution < 1.29 is 23.1 Å². The number of carboxylic acids is 1. The van der Waals surface area contributed by atoms with Crippen LogP contribution in [-0.4, -0.2) is 66.0 Å². The second kappa shape index (κ2) is 7.04. The number of nitrogens with one attached hydrogen (secondary N) is 2. The fourth-order valence-corrected chi connectivity index (χ4v) is 2.03. The van der Waals surface area contributed by atoms with Crippen LogP contribution in [0.15, 0.2) is 12.4 Å². The normalized spacial score (nSPS) is 11.4. The first-order valence-corrected chi connectivity index (χ1v) is 7.51. The zero-order valence-electron chi connectivity index (χ0n) is 11.6. The van der Waals surface area contributed by atoms with Crippen LogP contribution in [0.1, 0.15) is 0 Å². The number of hydrogen-bond donors (Lipinski definition) is 3. The van der Waals surface area contributed by atoms with E-state index in [2.05, 4.69) is 15.7 Å². The van der Waals surface area contributed by atoms with Crippen LogP contribution in [0.25, 0.3) is 0 Å². The molecule has 0 saturated carbocycles. The largest absolute Gasteiger partial charge is 0.480 e. The SMILES string of the molecule is CN(C)S(=O)(=O)CCNC(=O)Nc1cnn(CC(=O)O)c1. The number of anilines is 1. The zero-order valence-corrected chi connectivity index (χ0v) is 12.4. The van der Waals surface area contributed by atoms with E-state index < -0.39 is 22.0 Å². The molecular weight excluding hydrogens is 302 g/mol. The highest BCUT2D eigenvalue weighted by Gasteiger charge is 2.13. The number of carbonyl (C=O) groups excluding carboxylic acids is 1. The Bertz CT molecular complexity index is 609. The molecule has 0 bridgehead atoms. The van der Waals surface area contributed by atoms with E-state index in [0.29, 0.717) is 5.69 Å². The topological polar surface area (TPSA) is 134 Å². The van der Waals surface area contributed by atoms with Crippen LogP contribution in [0.5, 0.6) is 0 Å². The average molecular weight is 319 g/mol. The molecule has 0 fully saturated rings. The molecule has 0 aliphatic heterocycles. The first-order chi connectivity index (χ1) is 9.70. The Labute approximate surface area is 121 Å². The van der Waals surface area contributed by atoms with Crippen molar-refractivity contribution in [2.24, 2.45) is 0 Å². The maximum Gasteiger partial charge on any atom is 0.325 e. The minimum atomic E-state index is -3.37. The molecule has 0 atom stereocenters. The fraction of sp³-hybridized carbons (Fsp3) is 0.500. The van der Waals surface area contributed by atoms with Gasteiger partial charge in [0, 0.05) is 26.8 Å². The first kappa shape index (κ1) is 16.9. The minimum Gasteiger partial charge on any atom is -0.480 e. The van der Waals surface area contributed by atoms with Crippen molar-refractivity contribution in [3.63, 3.8) is 0 Å². The molecule has 0 unspecified atom stereocenters. The van der Waals surface area contributed by atoms with E-state index in [1.165, 1.54) is 26.5 Å². The van der Waals surface area contributed by atoms with E-state index in [0.717, 1.165) is 8.99 Å². The predicted octanol–water partition coefficient (Wildman–Crippen LogP) is -1.02. The number of hydrogen-bond acceptors (Lipinski definition) is 5. The summed E-state index contributed by atoms with van der Waals surface area (Å²) in [5.41, 5.74) is 0.309. The van der Waals surface area contributed by atoms with Crippen LogP contribution in [0, 0.1) is 0 Å². The number of nitrogens with zero attached hydrogens (tertiary/aromatic N) is 3. The van der Waals surface area contributed by atoms with Crippen LogP contribution < -0.4 is 10.6 Å². The third-order valence-electron chi connectivity index (χ3n) is 2.39. The number of sulfonamides is 1.